The van der Waals surface area contributed by atoms with Crippen LogP contribution in [0.3, 0.4) is 0 Å². The fourth-order valence-corrected chi connectivity index (χ4v) is 6.28. The molecule has 4 rings (SSSR count). The molecule has 0 bridgehead atoms. The highest BCUT2D eigenvalue weighted by Crippen LogP contribution is 2.33. The van der Waals surface area contributed by atoms with Crippen LogP contribution in [0.2, 0.25) is 10.0 Å². The number of ether oxygens (including phenoxy) is 1. The Bertz CT molecular complexity index is 1370. The average molecular weight is 532 g/mol. The van der Waals surface area contributed by atoms with Crippen molar-refractivity contribution in [1.29, 1.82) is 0 Å². The van der Waals surface area contributed by atoms with E-state index in [0.29, 0.717) is 21.4 Å². The van der Waals surface area contributed by atoms with E-state index < -0.39 is 9.84 Å². The molecule has 0 radical (unpaired) electrons. The summed E-state index contributed by atoms with van der Waals surface area (Å²) >= 11 is 12.4. The number of halogens is 2. The van der Waals surface area contributed by atoms with Crippen LogP contribution in [0.4, 0.5) is 0 Å². The molecule has 0 fully saturated rings. The fraction of sp³-hybridized carbons (Fsp3) is 0.296. The van der Waals surface area contributed by atoms with Gasteiger partial charge < -0.3 is 10.1 Å². The molecule has 1 aliphatic heterocycles. The number of hydrogen-bond donors (Lipinski definition) is 1. The van der Waals surface area contributed by atoms with E-state index in [9.17, 15) is 13.2 Å². The van der Waals surface area contributed by atoms with Crippen LogP contribution in [-0.2, 0) is 39.9 Å². The highest BCUT2D eigenvalue weighted by atomic mass is 35.5. The predicted octanol–water partition coefficient (Wildman–Crippen LogP) is 5.88. The first-order chi connectivity index (χ1) is 16.7. The van der Waals surface area contributed by atoms with Crippen LogP contribution in [-0.4, -0.2) is 21.3 Å². The lowest BCUT2D eigenvalue weighted by atomic mass is 9.93. The highest BCUT2D eigenvalue weighted by Gasteiger charge is 2.21. The van der Waals surface area contributed by atoms with Crippen molar-refractivity contribution >= 4 is 38.8 Å². The van der Waals surface area contributed by atoms with Gasteiger partial charge in [-0.25, -0.2) is 8.42 Å². The van der Waals surface area contributed by atoms with Crippen LogP contribution >= 0.6 is 23.2 Å². The maximum atomic E-state index is 13.1. The summed E-state index contributed by atoms with van der Waals surface area (Å²) in [6.07, 6.45) is 0.403. The minimum Gasteiger partial charge on any atom is -0.496 e. The van der Waals surface area contributed by atoms with E-state index in [1.807, 2.05) is 37.3 Å². The second-order valence-electron chi connectivity index (χ2n) is 8.90. The van der Waals surface area contributed by atoms with E-state index in [1.165, 1.54) is 18.7 Å². The molecule has 0 spiro atoms. The van der Waals surface area contributed by atoms with Crippen molar-refractivity contribution in [3.05, 3.63) is 92.5 Å². The Labute approximate surface area is 216 Å². The highest BCUT2D eigenvalue weighted by molar-refractivity contribution is 7.90. The van der Waals surface area contributed by atoms with Gasteiger partial charge in [0.25, 0.3) is 0 Å². The number of carbonyl (C=O) groups excluding carboxylic acids is 1. The zero-order valence-electron chi connectivity index (χ0n) is 19.6. The summed E-state index contributed by atoms with van der Waals surface area (Å²) in [5.74, 6) is 0.168. The molecule has 0 amide bonds. The first-order valence-corrected chi connectivity index (χ1v) is 13.8. The Morgan fingerprint density at radius 2 is 1.83 bits per heavy atom. The Hall–Kier alpha value is -2.38. The minimum absolute atomic E-state index is 0.00537. The van der Waals surface area contributed by atoms with Crippen molar-refractivity contribution in [2.24, 2.45) is 0 Å². The number of ketones is 1. The topological polar surface area (TPSA) is 72.5 Å². The average Bonchev–Trinajstić information content (AvgIpc) is 3.28. The number of methoxy groups -OCH3 is 1. The Morgan fingerprint density at radius 1 is 1.06 bits per heavy atom. The molecule has 35 heavy (non-hydrogen) atoms. The summed E-state index contributed by atoms with van der Waals surface area (Å²) < 4.78 is 31.7. The first-order valence-electron chi connectivity index (χ1n) is 11.3. The van der Waals surface area contributed by atoms with Crippen molar-refractivity contribution in [2.45, 2.75) is 49.4 Å². The van der Waals surface area contributed by atoms with Gasteiger partial charge in [-0.3, -0.25) is 4.79 Å². The van der Waals surface area contributed by atoms with Gasteiger partial charge in [-0.05, 0) is 46.4 Å². The zero-order chi connectivity index (χ0) is 25.2. The van der Waals surface area contributed by atoms with Gasteiger partial charge in [-0.15, -0.1) is 0 Å². The molecule has 1 heterocycles. The second-order valence-corrected chi connectivity index (χ2v) is 11.7. The smallest absolute Gasteiger partial charge is 0.182 e. The summed E-state index contributed by atoms with van der Waals surface area (Å²) in [4.78, 5) is 13.0. The molecule has 1 aliphatic rings. The maximum Gasteiger partial charge on any atom is 0.182 e. The number of Topliss-reactive ketones (excluding diaryl/α,β-unsaturated/α-hetero) is 1. The summed E-state index contributed by atoms with van der Waals surface area (Å²) in [5.41, 5.74) is 4.55. The van der Waals surface area contributed by atoms with Gasteiger partial charge in [-0.1, -0.05) is 66.5 Å². The Balaban J connectivity index is 1.47. The van der Waals surface area contributed by atoms with Crippen LogP contribution in [0, 0.1) is 0 Å². The quantitative estimate of drug-likeness (QED) is 0.373. The molecule has 8 heteroatoms. The normalized spacial score (nSPS) is 13.9. The van der Waals surface area contributed by atoms with Gasteiger partial charge >= 0.3 is 0 Å². The Morgan fingerprint density at radius 3 is 2.60 bits per heavy atom. The number of hydrogen-bond acceptors (Lipinski definition) is 5. The Kier molecular flexibility index (Phi) is 7.86. The van der Waals surface area contributed by atoms with E-state index in [-0.39, 0.29) is 35.2 Å². The molecule has 1 atom stereocenters. The molecule has 0 saturated heterocycles. The van der Waals surface area contributed by atoms with Crippen molar-refractivity contribution in [2.75, 3.05) is 7.11 Å². The number of fused-ring (bicyclic) bond motifs is 1. The lowest BCUT2D eigenvalue weighted by molar-refractivity contribution is -0.118. The van der Waals surface area contributed by atoms with Crippen molar-refractivity contribution < 1.29 is 17.9 Å². The van der Waals surface area contributed by atoms with Crippen molar-refractivity contribution in [1.82, 2.24) is 5.32 Å². The van der Waals surface area contributed by atoms with Gasteiger partial charge in [-0.2, -0.15) is 0 Å². The zero-order valence-corrected chi connectivity index (χ0v) is 21.9. The first kappa shape index (κ1) is 25.7. The molecule has 0 aromatic heterocycles. The van der Waals surface area contributed by atoms with E-state index in [2.05, 4.69) is 5.32 Å². The predicted molar refractivity (Wildman–Crippen MR) is 139 cm³/mol. The van der Waals surface area contributed by atoms with Crippen LogP contribution in [0.15, 0.2) is 59.5 Å². The van der Waals surface area contributed by atoms with Crippen molar-refractivity contribution in [3.8, 4) is 5.75 Å². The molecule has 1 unspecified atom stereocenters. The third-order valence-electron chi connectivity index (χ3n) is 6.31. The van der Waals surface area contributed by atoms with Crippen LogP contribution in [0.5, 0.6) is 5.75 Å². The third kappa shape index (κ3) is 5.89. The molecule has 1 N–H and O–H groups in total. The number of sulfone groups is 1. The SMILES string of the molecule is COc1cc(S(=O)(=O)Cc2ccc3c(c2)CNC3)ccc1CC(=O)CC(C)c1cccc(Cl)c1Cl. The number of benzene rings is 3. The lowest BCUT2D eigenvalue weighted by Gasteiger charge is -2.15. The summed E-state index contributed by atoms with van der Waals surface area (Å²) in [7, 11) is -2.11. The molecule has 184 valence electrons. The minimum atomic E-state index is -3.58. The number of carbonyl (C=O) groups is 1. The molecular formula is C27H27Cl2NO4S. The van der Waals surface area contributed by atoms with Gasteiger partial charge in [0.2, 0.25) is 0 Å². The van der Waals surface area contributed by atoms with Crippen LogP contribution in [0.25, 0.3) is 0 Å². The van der Waals surface area contributed by atoms with Crippen LogP contribution in [0.1, 0.15) is 47.1 Å². The molecular weight excluding hydrogens is 505 g/mol. The monoisotopic (exact) mass is 531 g/mol. The molecule has 0 saturated carbocycles. The number of rotatable bonds is 9. The fourth-order valence-electron chi connectivity index (χ4n) is 4.44. The molecule has 0 aliphatic carbocycles. The van der Waals surface area contributed by atoms with E-state index in [0.717, 1.165) is 29.8 Å². The van der Waals surface area contributed by atoms with Gasteiger partial charge in [0.1, 0.15) is 11.5 Å². The molecule has 3 aromatic carbocycles. The summed E-state index contributed by atoms with van der Waals surface area (Å²) in [6.45, 7) is 3.49. The van der Waals surface area contributed by atoms with E-state index >= 15 is 0 Å². The van der Waals surface area contributed by atoms with E-state index in [4.69, 9.17) is 27.9 Å². The second kappa shape index (κ2) is 10.7. The largest absolute Gasteiger partial charge is 0.496 e. The standard InChI is InChI=1S/C27H27Cl2NO4S/c1-17(24-4-3-5-25(28)27(24)29)10-22(31)12-19-8-9-23(13-26(19)34-2)35(32,33)16-18-6-7-20-14-30-15-21(20)11-18/h3-9,11,13,17,30H,10,12,14-16H2,1-2H3. The van der Waals surface area contributed by atoms with Crippen LogP contribution < -0.4 is 10.1 Å². The van der Waals surface area contributed by atoms with E-state index in [1.54, 1.807) is 18.2 Å². The lowest BCUT2D eigenvalue weighted by Crippen LogP contribution is -2.10. The van der Waals surface area contributed by atoms with Gasteiger partial charge in [0, 0.05) is 31.5 Å². The van der Waals surface area contributed by atoms with Crippen molar-refractivity contribution in [3.63, 3.8) is 0 Å². The van der Waals surface area contributed by atoms with Gasteiger partial charge in [0.05, 0.1) is 27.8 Å². The molecule has 3 aromatic rings. The van der Waals surface area contributed by atoms with Gasteiger partial charge in [0.15, 0.2) is 9.84 Å². The molecule has 5 nitrogen and oxygen atoms in total. The maximum absolute atomic E-state index is 13.1. The summed E-state index contributed by atoms with van der Waals surface area (Å²) in [5, 5.41) is 4.18. The summed E-state index contributed by atoms with van der Waals surface area (Å²) in [6, 6.07) is 15.9. The number of nitrogens with one attached hydrogen (secondary N) is 1. The third-order valence-corrected chi connectivity index (χ3v) is 8.83.